The van der Waals surface area contributed by atoms with Crippen LogP contribution in [0.5, 0.6) is 0 Å². The van der Waals surface area contributed by atoms with Gasteiger partial charge in [0, 0.05) is 18.3 Å². The molecule has 1 aromatic carbocycles. The van der Waals surface area contributed by atoms with Crippen molar-refractivity contribution in [3.63, 3.8) is 0 Å². The quantitative estimate of drug-likeness (QED) is 0.886. The number of benzene rings is 1. The first-order valence-electron chi connectivity index (χ1n) is 8.46. The van der Waals surface area contributed by atoms with Gasteiger partial charge in [0.15, 0.2) is 0 Å². The first-order valence-corrected chi connectivity index (χ1v) is 8.46. The molecule has 0 bridgehead atoms. The van der Waals surface area contributed by atoms with Gasteiger partial charge in [-0.05, 0) is 56.8 Å². The Bertz CT molecular complexity index is 384. The molecule has 1 aliphatic carbocycles. The Labute approximate surface area is 123 Å². The summed E-state index contributed by atoms with van der Waals surface area (Å²) in [6, 6.07) is 11.5. The van der Waals surface area contributed by atoms with E-state index in [0.717, 1.165) is 18.5 Å². The van der Waals surface area contributed by atoms with Gasteiger partial charge in [-0.15, -0.1) is 0 Å². The lowest BCUT2D eigenvalue weighted by atomic mass is 9.82. The molecule has 1 aliphatic heterocycles. The molecule has 1 aromatic rings. The normalized spacial score (nSPS) is 28.2. The summed E-state index contributed by atoms with van der Waals surface area (Å²) >= 11 is 0. The van der Waals surface area contributed by atoms with Crippen molar-refractivity contribution in [1.29, 1.82) is 0 Å². The maximum absolute atomic E-state index is 3.66. The summed E-state index contributed by atoms with van der Waals surface area (Å²) in [6.45, 7) is 3.82. The largest absolute Gasteiger partial charge is 0.385 e. The second kappa shape index (κ2) is 7.12. The fourth-order valence-electron chi connectivity index (χ4n) is 3.96. The highest BCUT2D eigenvalue weighted by Gasteiger charge is 2.30. The second-order valence-corrected chi connectivity index (χ2v) is 6.46. The van der Waals surface area contributed by atoms with Crippen LogP contribution in [0.4, 0.5) is 5.69 Å². The minimum Gasteiger partial charge on any atom is -0.385 e. The van der Waals surface area contributed by atoms with Crippen LogP contribution >= 0.6 is 0 Å². The van der Waals surface area contributed by atoms with E-state index >= 15 is 0 Å². The van der Waals surface area contributed by atoms with Crippen LogP contribution in [0.25, 0.3) is 0 Å². The molecule has 2 heteroatoms. The molecule has 1 heterocycles. The number of hydrogen-bond donors (Lipinski definition) is 1. The highest BCUT2D eigenvalue weighted by Crippen LogP contribution is 2.30. The van der Waals surface area contributed by atoms with Crippen molar-refractivity contribution in [1.82, 2.24) is 4.90 Å². The third-order valence-electron chi connectivity index (χ3n) is 5.07. The van der Waals surface area contributed by atoms with E-state index in [9.17, 15) is 0 Å². The number of nitrogens with one attached hydrogen (secondary N) is 1. The number of likely N-dealkylation sites (tertiary alicyclic amines) is 1. The molecule has 20 heavy (non-hydrogen) atoms. The van der Waals surface area contributed by atoms with Crippen molar-refractivity contribution in [2.45, 2.75) is 51.0 Å². The lowest BCUT2D eigenvalue weighted by Crippen LogP contribution is -2.46. The summed E-state index contributed by atoms with van der Waals surface area (Å²) < 4.78 is 0. The standard InChI is InChI=1S/C18H28N2/c1-3-10-17(11-4-1)19-15-16-9-5-6-12-18(16)20-13-7-2-8-14-20/h1,3-4,10-11,16,18-19H,2,5-9,12-15H2/t16-,18+/m1/s1. The number of rotatable bonds is 4. The van der Waals surface area contributed by atoms with E-state index in [-0.39, 0.29) is 0 Å². The van der Waals surface area contributed by atoms with Gasteiger partial charge in [-0.2, -0.15) is 0 Å². The summed E-state index contributed by atoms with van der Waals surface area (Å²) in [4.78, 5) is 2.79. The lowest BCUT2D eigenvalue weighted by Gasteiger charge is -2.42. The van der Waals surface area contributed by atoms with Crippen molar-refractivity contribution in [2.75, 3.05) is 25.0 Å². The Kier molecular flexibility index (Phi) is 4.96. The van der Waals surface area contributed by atoms with Crippen molar-refractivity contribution in [2.24, 2.45) is 5.92 Å². The molecule has 3 rings (SSSR count). The van der Waals surface area contributed by atoms with Crippen LogP contribution in [-0.4, -0.2) is 30.6 Å². The molecule has 0 aromatic heterocycles. The summed E-state index contributed by atoms with van der Waals surface area (Å²) in [7, 11) is 0. The molecule has 0 amide bonds. The molecule has 0 unspecified atom stereocenters. The van der Waals surface area contributed by atoms with E-state index in [2.05, 4.69) is 40.5 Å². The smallest absolute Gasteiger partial charge is 0.0340 e. The zero-order chi connectivity index (χ0) is 13.6. The first-order chi connectivity index (χ1) is 9.93. The molecule has 1 saturated carbocycles. The van der Waals surface area contributed by atoms with Crippen molar-refractivity contribution < 1.29 is 0 Å². The van der Waals surface area contributed by atoms with Crippen LogP contribution in [0.1, 0.15) is 44.9 Å². The number of piperidine rings is 1. The average molecular weight is 272 g/mol. The van der Waals surface area contributed by atoms with Crippen LogP contribution in [0.15, 0.2) is 30.3 Å². The van der Waals surface area contributed by atoms with Gasteiger partial charge >= 0.3 is 0 Å². The minimum atomic E-state index is 0.834. The summed E-state index contributed by atoms with van der Waals surface area (Å²) in [5.74, 6) is 0.835. The van der Waals surface area contributed by atoms with Gasteiger partial charge < -0.3 is 10.2 Å². The molecule has 1 N–H and O–H groups in total. The molecule has 1 saturated heterocycles. The maximum atomic E-state index is 3.66. The molecule has 0 radical (unpaired) electrons. The monoisotopic (exact) mass is 272 g/mol. The highest BCUT2D eigenvalue weighted by molar-refractivity contribution is 5.42. The number of hydrogen-bond acceptors (Lipinski definition) is 2. The summed E-state index contributed by atoms with van der Waals surface area (Å²) in [5.41, 5.74) is 1.27. The summed E-state index contributed by atoms with van der Waals surface area (Å²) in [5, 5.41) is 3.66. The molecule has 2 fully saturated rings. The SMILES string of the molecule is c1ccc(NC[C@H]2CCCC[C@@H]2N2CCCCC2)cc1. The van der Waals surface area contributed by atoms with Crippen LogP contribution in [0.3, 0.4) is 0 Å². The molecular weight excluding hydrogens is 244 g/mol. The van der Waals surface area contributed by atoms with Crippen molar-refractivity contribution in [3.05, 3.63) is 30.3 Å². The van der Waals surface area contributed by atoms with Crippen LogP contribution in [0.2, 0.25) is 0 Å². The Hall–Kier alpha value is -1.02. The first kappa shape index (κ1) is 13.9. The second-order valence-electron chi connectivity index (χ2n) is 6.46. The van der Waals surface area contributed by atoms with Crippen LogP contribution < -0.4 is 5.32 Å². The van der Waals surface area contributed by atoms with Gasteiger partial charge in [-0.25, -0.2) is 0 Å². The number of nitrogens with zero attached hydrogens (tertiary/aromatic N) is 1. The van der Waals surface area contributed by atoms with E-state index in [4.69, 9.17) is 0 Å². The highest BCUT2D eigenvalue weighted by atomic mass is 15.2. The van der Waals surface area contributed by atoms with Gasteiger partial charge in [-0.3, -0.25) is 0 Å². The molecule has 110 valence electrons. The fraction of sp³-hybridized carbons (Fsp3) is 0.667. The molecule has 2 aliphatic rings. The predicted octanol–water partition coefficient (Wildman–Crippen LogP) is 4.14. The maximum Gasteiger partial charge on any atom is 0.0340 e. The van der Waals surface area contributed by atoms with E-state index in [1.807, 2.05) is 0 Å². The van der Waals surface area contributed by atoms with Crippen LogP contribution in [0, 0.1) is 5.92 Å². The van der Waals surface area contributed by atoms with Gasteiger partial charge in [0.2, 0.25) is 0 Å². The molecular formula is C18H28N2. The van der Waals surface area contributed by atoms with E-state index in [1.54, 1.807) is 0 Å². The van der Waals surface area contributed by atoms with Gasteiger partial charge in [0.1, 0.15) is 0 Å². The van der Waals surface area contributed by atoms with Gasteiger partial charge in [0.25, 0.3) is 0 Å². The Morgan fingerprint density at radius 3 is 2.45 bits per heavy atom. The number of anilines is 1. The Balaban J connectivity index is 1.57. The van der Waals surface area contributed by atoms with Crippen molar-refractivity contribution in [3.8, 4) is 0 Å². The van der Waals surface area contributed by atoms with E-state index < -0.39 is 0 Å². The van der Waals surface area contributed by atoms with Crippen molar-refractivity contribution >= 4 is 5.69 Å². The fourth-order valence-corrected chi connectivity index (χ4v) is 3.96. The Morgan fingerprint density at radius 1 is 0.900 bits per heavy atom. The molecule has 2 atom stereocenters. The lowest BCUT2D eigenvalue weighted by molar-refractivity contribution is 0.0897. The van der Waals surface area contributed by atoms with Gasteiger partial charge in [0.05, 0.1) is 0 Å². The number of para-hydroxylation sites is 1. The molecule has 0 spiro atoms. The van der Waals surface area contributed by atoms with E-state index in [0.29, 0.717) is 0 Å². The van der Waals surface area contributed by atoms with Crippen LogP contribution in [-0.2, 0) is 0 Å². The predicted molar refractivity (Wildman–Crippen MR) is 86.1 cm³/mol. The summed E-state index contributed by atoms with van der Waals surface area (Å²) in [6.07, 6.45) is 9.94. The third kappa shape index (κ3) is 3.54. The molecule has 2 nitrogen and oxygen atoms in total. The Morgan fingerprint density at radius 2 is 1.65 bits per heavy atom. The minimum absolute atomic E-state index is 0.834. The zero-order valence-electron chi connectivity index (χ0n) is 12.6. The topological polar surface area (TPSA) is 15.3 Å². The zero-order valence-corrected chi connectivity index (χ0v) is 12.6. The van der Waals surface area contributed by atoms with E-state index in [1.165, 1.54) is 63.7 Å². The third-order valence-corrected chi connectivity index (χ3v) is 5.07. The van der Waals surface area contributed by atoms with Gasteiger partial charge in [-0.1, -0.05) is 37.5 Å². The average Bonchev–Trinajstić information content (AvgIpc) is 2.55.